The zero-order valence-corrected chi connectivity index (χ0v) is 15.4. The van der Waals surface area contributed by atoms with Crippen LogP contribution in [0.3, 0.4) is 0 Å². The fourth-order valence-electron chi connectivity index (χ4n) is 3.57. The molecule has 2 N–H and O–H groups in total. The molecule has 1 aromatic carbocycles. The Kier molecular flexibility index (Phi) is 5.42. The largest absolute Gasteiger partial charge is 0.486 e. The summed E-state index contributed by atoms with van der Waals surface area (Å²) in [6.07, 6.45) is 9.19. The summed E-state index contributed by atoms with van der Waals surface area (Å²) in [6.45, 7) is 1.06. The highest BCUT2D eigenvalue weighted by Gasteiger charge is 2.15. The van der Waals surface area contributed by atoms with Crippen molar-refractivity contribution in [2.24, 2.45) is 0 Å². The van der Waals surface area contributed by atoms with E-state index in [9.17, 15) is 4.79 Å². The van der Waals surface area contributed by atoms with Gasteiger partial charge in [0.15, 0.2) is 11.5 Å². The number of ether oxygens (including phenoxy) is 2. The maximum absolute atomic E-state index is 12.5. The van der Waals surface area contributed by atoms with Gasteiger partial charge in [0.25, 0.3) is 5.91 Å². The van der Waals surface area contributed by atoms with Gasteiger partial charge in [-0.2, -0.15) is 0 Å². The topological polar surface area (TPSA) is 72.5 Å². The Balaban J connectivity index is 1.37. The van der Waals surface area contributed by atoms with Crippen LogP contribution < -0.4 is 20.1 Å². The zero-order valence-electron chi connectivity index (χ0n) is 15.4. The molecule has 0 radical (unpaired) electrons. The fraction of sp³-hybridized carbons (Fsp3) is 0.429. The third kappa shape index (κ3) is 4.51. The summed E-state index contributed by atoms with van der Waals surface area (Å²) in [5.74, 6) is 1.99. The van der Waals surface area contributed by atoms with Crippen molar-refractivity contribution in [1.82, 2.24) is 4.98 Å². The number of hydrogen-bond donors (Lipinski definition) is 2. The lowest BCUT2D eigenvalue weighted by atomic mass is 10.1. The van der Waals surface area contributed by atoms with Crippen LogP contribution in [0, 0.1) is 0 Å². The molecule has 2 aliphatic rings. The van der Waals surface area contributed by atoms with E-state index in [4.69, 9.17) is 9.47 Å². The maximum atomic E-state index is 12.5. The number of nitrogens with zero attached hydrogens (tertiary/aromatic N) is 1. The van der Waals surface area contributed by atoms with Crippen LogP contribution in [0.2, 0.25) is 0 Å². The van der Waals surface area contributed by atoms with Crippen LogP contribution in [-0.4, -0.2) is 30.1 Å². The van der Waals surface area contributed by atoms with Crippen molar-refractivity contribution < 1.29 is 14.3 Å². The Morgan fingerprint density at radius 3 is 2.48 bits per heavy atom. The molecule has 142 valence electrons. The summed E-state index contributed by atoms with van der Waals surface area (Å²) < 4.78 is 11.0. The minimum absolute atomic E-state index is 0.194. The Hall–Kier alpha value is -2.76. The summed E-state index contributed by atoms with van der Waals surface area (Å²) in [7, 11) is 0. The molecule has 1 aliphatic heterocycles. The fourth-order valence-corrected chi connectivity index (χ4v) is 3.57. The number of nitrogens with one attached hydrogen (secondary N) is 2. The number of hydrogen-bond acceptors (Lipinski definition) is 5. The lowest BCUT2D eigenvalue weighted by molar-refractivity contribution is 0.102. The van der Waals surface area contributed by atoms with Gasteiger partial charge in [0.05, 0.1) is 5.56 Å². The highest BCUT2D eigenvalue weighted by atomic mass is 16.6. The Labute approximate surface area is 159 Å². The average molecular weight is 367 g/mol. The van der Waals surface area contributed by atoms with Crippen LogP contribution in [0.4, 0.5) is 11.5 Å². The van der Waals surface area contributed by atoms with Gasteiger partial charge in [0.1, 0.15) is 19.0 Å². The van der Waals surface area contributed by atoms with E-state index in [0.717, 1.165) is 5.82 Å². The molecule has 2 aromatic rings. The van der Waals surface area contributed by atoms with Gasteiger partial charge in [-0.05, 0) is 37.1 Å². The molecule has 1 aliphatic carbocycles. The van der Waals surface area contributed by atoms with E-state index in [2.05, 4.69) is 15.6 Å². The van der Waals surface area contributed by atoms with Gasteiger partial charge in [-0.3, -0.25) is 4.79 Å². The normalized spacial score (nSPS) is 17.0. The summed E-state index contributed by atoms with van der Waals surface area (Å²) in [5, 5.41) is 6.38. The molecule has 0 spiro atoms. The molecular weight excluding hydrogens is 342 g/mol. The van der Waals surface area contributed by atoms with E-state index < -0.39 is 0 Å². The van der Waals surface area contributed by atoms with Crippen LogP contribution >= 0.6 is 0 Å². The van der Waals surface area contributed by atoms with Crippen LogP contribution in [0.5, 0.6) is 11.5 Å². The smallest absolute Gasteiger partial charge is 0.257 e. The molecule has 4 rings (SSSR count). The van der Waals surface area contributed by atoms with Crippen LogP contribution in [0.1, 0.15) is 48.9 Å². The highest BCUT2D eigenvalue weighted by molar-refractivity contribution is 6.04. The molecule has 0 saturated heterocycles. The first-order valence-corrected chi connectivity index (χ1v) is 9.71. The summed E-state index contributed by atoms with van der Waals surface area (Å²) >= 11 is 0. The minimum Gasteiger partial charge on any atom is -0.486 e. The van der Waals surface area contributed by atoms with Gasteiger partial charge in [0.2, 0.25) is 0 Å². The molecular formula is C21H25N3O3. The highest BCUT2D eigenvalue weighted by Crippen LogP contribution is 2.32. The Bertz CT molecular complexity index is 784. The lowest BCUT2D eigenvalue weighted by Gasteiger charge is -2.19. The summed E-state index contributed by atoms with van der Waals surface area (Å²) in [4.78, 5) is 16.9. The van der Waals surface area contributed by atoms with E-state index in [0.29, 0.717) is 42.0 Å². The first kappa shape index (κ1) is 17.6. The first-order valence-electron chi connectivity index (χ1n) is 9.71. The number of pyridine rings is 1. The number of carbonyl (C=O) groups excluding carboxylic acids is 1. The quantitative estimate of drug-likeness (QED) is 0.791. The van der Waals surface area contributed by atoms with Crippen molar-refractivity contribution in [2.45, 2.75) is 44.6 Å². The third-order valence-corrected chi connectivity index (χ3v) is 5.03. The van der Waals surface area contributed by atoms with Gasteiger partial charge in [-0.15, -0.1) is 0 Å². The van der Waals surface area contributed by atoms with Crippen molar-refractivity contribution in [1.29, 1.82) is 0 Å². The maximum Gasteiger partial charge on any atom is 0.257 e. The Morgan fingerprint density at radius 1 is 0.963 bits per heavy atom. The average Bonchev–Trinajstić information content (AvgIpc) is 2.97. The van der Waals surface area contributed by atoms with Crippen molar-refractivity contribution in [3.63, 3.8) is 0 Å². The van der Waals surface area contributed by atoms with Crippen molar-refractivity contribution >= 4 is 17.4 Å². The molecule has 6 nitrogen and oxygen atoms in total. The molecule has 1 aromatic heterocycles. The summed E-state index contributed by atoms with van der Waals surface area (Å²) in [6, 6.07) is 9.56. The predicted octanol–water partition coefficient (Wildman–Crippen LogP) is 4.24. The molecule has 1 amide bonds. The summed E-state index contributed by atoms with van der Waals surface area (Å²) in [5.41, 5.74) is 1.20. The van der Waals surface area contributed by atoms with E-state index in [1.807, 2.05) is 12.1 Å². The molecule has 27 heavy (non-hydrogen) atoms. The Morgan fingerprint density at radius 2 is 1.74 bits per heavy atom. The molecule has 0 unspecified atom stereocenters. The third-order valence-electron chi connectivity index (χ3n) is 5.03. The second-order valence-corrected chi connectivity index (χ2v) is 7.08. The molecule has 0 bridgehead atoms. The van der Waals surface area contributed by atoms with Gasteiger partial charge in [-0.25, -0.2) is 4.98 Å². The van der Waals surface area contributed by atoms with Crippen molar-refractivity contribution in [3.8, 4) is 11.5 Å². The van der Waals surface area contributed by atoms with Gasteiger partial charge < -0.3 is 20.1 Å². The number of amides is 1. The number of rotatable bonds is 4. The van der Waals surface area contributed by atoms with Crippen LogP contribution in [0.15, 0.2) is 36.5 Å². The SMILES string of the molecule is O=C(Nc1ccc2c(c1)OCCO2)c1ccc(NC2CCCCCC2)nc1. The zero-order chi connectivity index (χ0) is 18.5. The number of benzene rings is 1. The van der Waals surface area contributed by atoms with Gasteiger partial charge in [-0.1, -0.05) is 25.7 Å². The number of fused-ring (bicyclic) bond motifs is 1. The predicted molar refractivity (Wildman–Crippen MR) is 105 cm³/mol. The van der Waals surface area contributed by atoms with Crippen LogP contribution in [0.25, 0.3) is 0 Å². The van der Waals surface area contributed by atoms with Gasteiger partial charge in [0, 0.05) is 24.0 Å². The molecule has 2 heterocycles. The van der Waals surface area contributed by atoms with Crippen LogP contribution in [-0.2, 0) is 0 Å². The van der Waals surface area contributed by atoms with E-state index in [1.165, 1.54) is 38.5 Å². The van der Waals surface area contributed by atoms with E-state index in [-0.39, 0.29) is 5.91 Å². The van der Waals surface area contributed by atoms with Crippen molar-refractivity contribution in [2.75, 3.05) is 23.8 Å². The lowest BCUT2D eigenvalue weighted by Crippen LogP contribution is -2.19. The molecule has 0 atom stereocenters. The number of aromatic nitrogens is 1. The standard InChI is InChI=1S/C21H25N3O3/c25-21(24-17-8-9-18-19(13-17)27-12-11-26-18)15-7-10-20(22-14-15)23-16-5-3-1-2-4-6-16/h7-10,13-14,16H,1-6,11-12H2,(H,22,23)(H,24,25). The second-order valence-electron chi connectivity index (χ2n) is 7.08. The van der Waals surface area contributed by atoms with E-state index >= 15 is 0 Å². The monoisotopic (exact) mass is 367 g/mol. The molecule has 1 fully saturated rings. The molecule has 6 heteroatoms. The second kappa shape index (κ2) is 8.29. The number of carbonyl (C=O) groups is 1. The van der Waals surface area contributed by atoms with Crippen molar-refractivity contribution in [3.05, 3.63) is 42.1 Å². The first-order chi connectivity index (χ1) is 13.3. The number of anilines is 2. The van der Waals surface area contributed by atoms with Gasteiger partial charge >= 0.3 is 0 Å². The minimum atomic E-state index is -0.194. The van der Waals surface area contributed by atoms with E-state index in [1.54, 1.807) is 24.4 Å². The molecule has 1 saturated carbocycles.